The standard InChI is InChI=1S/C11H16FNO/c1-14-11(3-2-8-13)9-4-6-10(12)7-5-9/h4-7,11H,2-3,8,13H2,1H3. The molecule has 1 rings (SSSR count). The molecule has 1 aromatic rings. The summed E-state index contributed by atoms with van der Waals surface area (Å²) in [5.41, 5.74) is 6.42. The predicted octanol–water partition coefficient (Wildman–Crippen LogP) is 2.25. The molecule has 3 heteroatoms. The lowest BCUT2D eigenvalue weighted by atomic mass is 10.0. The number of methoxy groups -OCH3 is 1. The van der Waals surface area contributed by atoms with Gasteiger partial charge in [0.15, 0.2) is 0 Å². The zero-order chi connectivity index (χ0) is 10.4. The molecule has 2 nitrogen and oxygen atoms in total. The maximum absolute atomic E-state index is 12.6. The van der Waals surface area contributed by atoms with Crippen molar-refractivity contribution in [3.05, 3.63) is 35.6 Å². The lowest BCUT2D eigenvalue weighted by molar-refractivity contribution is 0.0943. The smallest absolute Gasteiger partial charge is 0.123 e. The lowest BCUT2D eigenvalue weighted by Gasteiger charge is -2.14. The van der Waals surface area contributed by atoms with Gasteiger partial charge < -0.3 is 10.5 Å². The summed E-state index contributed by atoms with van der Waals surface area (Å²) in [6.07, 6.45) is 1.81. The molecule has 0 saturated heterocycles. The van der Waals surface area contributed by atoms with Crippen LogP contribution in [0.15, 0.2) is 24.3 Å². The summed E-state index contributed by atoms with van der Waals surface area (Å²) in [7, 11) is 1.66. The molecule has 0 saturated carbocycles. The van der Waals surface area contributed by atoms with Gasteiger partial charge in [-0.1, -0.05) is 12.1 Å². The van der Waals surface area contributed by atoms with E-state index in [9.17, 15) is 4.39 Å². The fourth-order valence-corrected chi connectivity index (χ4v) is 1.40. The molecule has 0 bridgehead atoms. The van der Waals surface area contributed by atoms with Crippen molar-refractivity contribution in [3.63, 3.8) is 0 Å². The molecule has 0 radical (unpaired) electrons. The molecule has 14 heavy (non-hydrogen) atoms. The Hall–Kier alpha value is -0.930. The van der Waals surface area contributed by atoms with Crippen molar-refractivity contribution >= 4 is 0 Å². The molecule has 78 valence electrons. The molecule has 0 aliphatic carbocycles. The SMILES string of the molecule is COC(CCCN)c1ccc(F)cc1. The average molecular weight is 197 g/mol. The van der Waals surface area contributed by atoms with Gasteiger partial charge in [0, 0.05) is 7.11 Å². The van der Waals surface area contributed by atoms with E-state index < -0.39 is 0 Å². The first kappa shape index (κ1) is 11.1. The number of rotatable bonds is 5. The van der Waals surface area contributed by atoms with Gasteiger partial charge in [-0.3, -0.25) is 0 Å². The van der Waals surface area contributed by atoms with Crippen LogP contribution in [0.1, 0.15) is 24.5 Å². The van der Waals surface area contributed by atoms with Crippen molar-refractivity contribution < 1.29 is 9.13 Å². The molecule has 1 unspecified atom stereocenters. The van der Waals surface area contributed by atoms with Crippen molar-refractivity contribution in [2.75, 3.05) is 13.7 Å². The minimum absolute atomic E-state index is 0.0270. The van der Waals surface area contributed by atoms with Crippen LogP contribution < -0.4 is 5.73 Å². The van der Waals surface area contributed by atoms with Gasteiger partial charge >= 0.3 is 0 Å². The van der Waals surface area contributed by atoms with E-state index in [4.69, 9.17) is 10.5 Å². The van der Waals surface area contributed by atoms with Gasteiger partial charge in [-0.25, -0.2) is 4.39 Å². The minimum Gasteiger partial charge on any atom is -0.377 e. The largest absolute Gasteiger partial charge is 0.377 e. The van der Waals surface area contributed by atoms with Crippen LogP contribution in [-0.2, 0) is 4.74 Å². The van der Waals surface area contributed by atoms with Gasteiger partial charge in [0.05, 0.1) is 6.10 Å². The second kappa shape index (κ2) is 5.73. The number of hydrogen-bond donors (Lipinski definition) is 1. The van der Waals surface area contributed by atoms with Crippen molar-refractivity contribution in [3.8, 4) is 0 Å². The molecule has 0 heterocycles. The lowest BCUT2D eigenvalue weighted by Crippen LogP contribution is -2.06. The van der Waals surface area contributed by atoms with E-state index in [1.54, 1.807) is 19.2 Å². The van der Waals surface area contributed by atoms with E-state index in [1.165, 1.54) is 12.1 Å². The zero-order valence-electron chi connectivity index (χ0n) is 8.37. The summed E-state index contributed by atoms with van der Waals surface area (Å²) >= 11 is 0. The Labute approximate surface area is 83.9 Å². The normalized spacial score (nSPS) is 12.8. The van der Waals surface area contributed by atoms with Crippen molar-refractivity contribution in [2.45, 2.75) is 18.9 Å². The third kappa shape index (κ3) is 3.09. The van der Waals surface area contributed by atoms with Crippen LogP contribution in [0.25, 0.3) is 0 Å². The third-order valence-corrected chi connectivity index (χ3v) is 2.20. The highest BCUT2D eigenvalue weighted by atomic mass is 19.1. The molecule has 0 amide bonds. The molecule has 1 atom stereocenters. The topological polar surface area (TPSA) is 35.2 Å². The van der Waals surface area contributed by atoms with Gasteiger partial charge in [0.2, 0.25) is 0 Å². The Morgan fingerprint density at radius 3 is 2.50 bits per heavy atom. The van der Waals surface area contributed by atoms with Crippen molar-refractivity contribution in [2.24, 2.45) is 5.73 Å². The molecule has 0 aliphatic heterocycles. The summed E-state index contributed by atoms with van der Waals surface area (Å²) < 4.78 is 17.9. The fraction of sp³-hybridized carbons (Fsp3) is 0.455. The summed E-state index contributed by atoms with van der Waals surface area (Å²) in [6.45, 7) is 0.654. The Morgan fingerprint density at radius 2 is 2.00 bits per heavy atom. The Morgan fingerprint density at radius 1 is 1.36 bits per heavy atom. The predicted molar refractivity (Wildman–Crippen MR) is 54.4 cm³/mol. The fourth-order valence-electron chi connectivity index (χ4n) is 1.40. The van der Waals surface area contributed by atoms with Crippen LogP contribution in [0.3, 0.4) is 0 Å². The van der Waals surface area contributed by atoms with E-state index >= 15 is 0 Å². The summed E-state index contributed by atoms with van der Waals surface area (Å²) in [5, 5.41) is 0. The second-order valence-corrected chi connectivity index (χ2v) is 3.21. The van der Waals surface area contributed by atoms with Gasteiger partial charge in [0.1, 0.15) is 5.82 Å². The number of hydrogen-bond acceptors (Lipinski definition) is 2. The van der Waals surface area contributed by atoms with Crippen LogP contribution in [-0.4, -0.2) is 13.7 Å². The van der Waals surface area contributed by atoms with Crippen LogP contribution in [0, 0.1) is 5.82 Å². The third-order valence-electron chi connectivity index (χ3n) is 2.20. The first-order valence-electron chi connectivity index (χ1n) is 4.76. The molecule has 0 spiro atoms. The summed E-state index contributed by atoms with van der Waals surface area (Å²) in [5.74, 6) is -0.220. The summed E-state index contributed by atoms with van der Waals surface area (Å²) in [4.78, 5) is 0. The Balaban J connectivity index is 2.64. The van der Waals surface area contributed by atoms with Gasteiger partial charge in [0.25, 0.3) is 0 Å². The highest BCUT2D eigenvalue weighted by Crippen LogP contribution is 2.21. The number of halogens is 1. The molecule has 0 fully saturated rings. The van der Waals surface area contributed by atoms with Crippen LogP contribution in [0.4, 0.5) is 4.39 Å². The Kier molecular flexibility index (Phi) is 4.56. The van der Waals surface area contributed by atoms with Crippen LogP contribution >= 0.6 is 0 Å². The van der Waals surface area contributed by atoms with Gasteiger partial charge in [-0.05, 0) is 37.1 Å². The van der Waals surface area contributed by atoms with Crippen molar-refractivity contribution in [1.29, 1.82) is 0 Å². The maximum atomic E-state index is 12.6. The molecular formula is C11H16FNO. The Bertz CT molecular complexity index is 260. The van der Waals surface area contributed by atoms with Gasteiger partial charge in [-0.15, -0.1) is 0 Å². The van der Waals surface area contributed by atoms with E-state index in [0.717, 1.165) is 18.4 Å². The minimum atomic E-state index is -0.220. The van der Waals surface area contributed by atoms with Crippen LogP contribution in [0.5, 0.6) is 0 Å². The van der Waals surface area contributed by atoms with E-state index in [-0.39, 0.29) is 11.9 Å². The zero-order valence-corrected chi connectivity index (χ0v) is 8.37. The number of benzene rings is 1. The summed E-state index contributed by atoms with van der Waals surface area (Å²) in [6, 6.07) is 6.40. The highest BCUT2D eigenvalue weighted by Gasteiger charge is 2.09. The second-order valence-electron chi connectivity index (χ2n) is 3.21. The molecule has 2 N–H and O–H groups in total. The molecule has 0 aromatic heterocycles. The number of ether oxygens (including phenoxy) is 1. The first-order chi connectivity index (χ1) is 6.77. The highest BCUT2D eigenvalue weighted by molar-refractivity contribution is 5.18. The van der Waals surface area contributed by atoms with Crippen LogP contribution in [0.2, 0.25) is 0 Å². The van der Waals surface area contributed by atoms with E-state index in [0.29, 0.717) is 6.54 Å². The first-order valence-corrected chi connectivity index (χ1v) is 4.76. The quantitative estimate of drug-likeness (QED) is 0.785. The van der Waals surface area contributed by atoms with E-state index in [2.05, 4.69) is 0 Å². The average Bonchev–Trinajstić information content (AvgIpc) is 2.21. The van der Waals surface area contributed by atoms with Crippen molar-refractivity contribution in [1.82, 2.24) is 0 Å². The molecular weight excluding hydrogens is 181 g/mol. The number of nitrogens with two attached hydrogens (primary N) is 1. The maximum Gasteiger partial charge on any atom is 0.123 e. The molecule has 0 aliphatic rings. The van der Waals surface area contributed by atoms with E-state index in [1.807, 2.05) is 0 Å². The van der Waals surface area contributed by atoms with Gasteiger partial charge in [-0.2, -0.15) is 0 Å². The molecule has 1 aromatic carbocycles. The monoisotopic (exact) mass is 197 g/mol.